The van der Waals surface area contributed by atoms with Gasteiger partial charge in [-0.05, 0) is 59.5 Å². The Balaban J connectivity index is 1.55. The SMILES string of the molecule is CN(Cc1ccsc1)C(=O)COC(=O)C1CCCN(S(=O)(=O)c2ccc(F)cc2)C1. The molecule has 1 aromatic heterocycles. The third kappa shape index (κ3) is 5.44. The predicted molar refractivity (Wildman–Crippen MR) is 110 cm³/mol. The van der Waals surface area contributed by atoms with Gasteiger partial charge in [-0.2, -0.15) is 15.6 Å². The van der Waals surface area contributed by atoms with Crippen molar-refractivity contribution in [3.63, 3.8) is 0 Å². The fourth-order valence-electron chi connectivity index (χ4n) is 3.21. The van der Waals surface area contributed by atoms with E-state index in [9.17, 15) is 22.4 Å². The molecular weight excluding hydrogens is 431 g/mol. The molecule has 1 atom stereocenters. The smallest absolute Gasteiger partial charge is 0.310 e. The highest BCUT2D eigenvalue weighted by Crippen LogP contribution is 2.24. The van der Waals surface area contributed by atoms with E-state index >= 15 is 0 Å². The predicted octanol–water partition coefficient (Wildman–Crippen LogP) is 2.49. The molecule has 0 aliphatic carbocycles. The summed E-state index contributed by atoms with van der Waals surface area (Å²) in [6.45, 7) is 0.275. The molecule has 1 saturated heterocycles. The van der Waals surface area contributed by atoms with E-state index in [-0.39, 0.29) is 30.5 Å². The summed E-state index contributed by atoms with van der Waals surface area (Å²) in [5.41, 5.74) is 0.996. The van der Waals surface area contributed by atoms with E-state index < -0.39 is 27.7 Å². The Morgan fingerprint density at radius 1 is 1.27 bits per heavy atom. The molecule has 1 fully saturated rings. The highest BCUT2D eigenvalue weighted by atomic mass is 32.2. The van der Waals surface area contributed by atoms with Crippen LogP contribution in [-0.4, -0.2) is 56.2 Å². The average Bonchev–Trinajstić information content (AvgIpc) is 3.25. The topological polar surface area (TPSA) is 84.0 Å². The molecule has 3 rings (SSSR count). The van der Waals surface area contributed by atoms with Gasteiger partial charge in [-0.15, -0.1) is 0 Å². The van der Waals surface area contributed by atoms with Crippen LogP contribution in [0.15, 0.2) is 46.0 Å². The Morgan fingerprint density at radius 3 is 2.67 bits per heavy atom. The first kappa shape index (κ1) is 22.4. The summed E-state index contributed by atoms with van der Waals surface area (Å²) < 4.78 is 45.0. The van der Waals surface area contributed by atoms with Crippen LogP contribution in [0.25, 0.3) is 0 Å². The molecule has 162 valence electrons. The van der Waals surface area contributed by atoms with Gasteiger partial charge in [0.1, 0.15) is 5.82 Å². The monoisotopic (exact) mass is 454 g/mol. The second-order valence-electron chi connectivity index (χ2n) is 7.15. The number of benzene rings is 1. The Hall–Kier alpha value is -2.30. The van der Waals surface area contributed by atoms with Crippen molar-refractivity contribution in [2.24, 2.45) is 5.92 Å². The van der Waals surface area contributed by atoms with Crippen molar-refractivity contribution in [3.8, 4) is 0 Å². The number of sulfonamides is 1. The fraction of sp³-hybridized carbons (Fsp3) is 0.400. The largest absolute Gasteiger partial charge is 0.455 e. The summed E-state index contributed by atoms with van der Waals surface area (Å²) in [6.07, 6.45) is 0.972. The van der Waals surface area contributed by atoms with Crippen LogP contribution in [0.1, 0.15) is 18.4 Å². The first-order chi connectivity index (χ1) is 14.3. The lowest BCUT2D eigenvalue weighted by Crippen LogP contribution is -2.43. The number of amides is 1. The first-order valence-electron chi connectivity index (χ1n) is 9.45. The van der Waals surface area contributed by atoms with Gasteiger partial charge in [-0.3, -0.25) is 9.59 Å². The zero-order valence-corrected chi connectivity index (χ0v) is 18.1. The lowest BCUT2D eigenvalue weighted by atomic mass is 10.00. The molecule has 1 unspecified atom stereocenters. The number of esters is 1. The van der Waals surface area contributed by atoms with Gasteiger partial charge < -0.3 is 9.64 Å². The molecule has 2 aromatic rings. The summed E-state index contributed by atoms with van der Waals surface area (Å²) >= 11 is 1.54. The van der Waals surface area contributed by atoms with Crippen LogP contribution in [0.4, 0.5) is 4.39 Å². The number of piperidine rings is 1. The lowest BCUT2D eigenvalue weighted by Gasteiger charge is -2.30. The number of thiophene rings is 1. The Kier molecular flexibility index (Phi) is 7.22. The third-order valence-corrected chi connectivity index (χ3v) is 7.54. The summed E-state index contributed by atoms with van der Waals surface area (Å²) in [5, 5.41) is 3.86. The number of rotatable bonds is 7. The van der Waals surface area contributed by atoms with Crippen LogP contribution < -0.4 is 0 Å². The Morgan fingerprint density at radius 2 is 2.00 bits per heavy atom. The van der Waals surface area contributed by atoms with Crippen LogP contribution in [0, 0.1) is 11.7 Å². The summed E-state index contributed by atoms with van der Waals surface area (Å²) in [5.74, 6) is -2.10. The van der Waals surface area contributed by atoms with Crippen LogP contribution in [0.3, 0.4) is 0 Å². The van der Waals surface area contributed by atoms with Gasteiger partial charge in [0.2, 0.25) is 10.0 Å². The number of carbonyl (C=O) groups is 2. The molecule has 1 aromatic carbocycles. The minimum atomic E-state index is -3.83. The van der Waals surface area contributed by atoms with Gasteiger partial charge in [0.15, 0.2) is 6.61 Å². The minimum Gasteiger partial charge on any atom is -0.455 e. The highest BCUT2D eigenvalue weighted by Gasteiger charge is 2.34. The van der Waals surface area contributed by atoms with Crippen molar-refractivity contribution in [1.29, 1.82) is 0 Å². The van der Waals surface area contributed by atoms with E-state index in [1.54, 1.807) is 7.05 Å². The zero-order chi connectivity index (χ0) is 21.7. The van der Waals surface area contributed by atoms with Crippen molar-refractivity contribution in [2.75, 3.05) is 26.7 Å². The van der Waals surface area contributed by atoms with E-state index in [1.165, 1.54) is 32.7 Å². The molecular formula is C20H23FN2O5S2. The van der Waals surface area contributed by atoms with E-state index in [0.29, 0.717) is 19.4 Å². The number of hydrogen-bond acceptors (Lipinski definition) is 6. The first-order valence-corrected chi connectivity index (χ1v) is 11.8. The van der Waals surface area contributed by atoms with Crippen molar-refractivity contribution >= 4 is 33.2 Å². The fourth-order valence-corrected chi connectivity index (χ4v) is 5.40. The number of carbonyl (C=O) groups excluding carboxylic acids is 2. The number of hydrogen-bond donors (Lipinski definition) is 0. The second-order valence-corrected chi connectivity index (χ2v) is 9.86. The molecule has 1 aliphatic heterocycles. The third-order valence-electron chi connectivity index (χ3n) is 4.93. The Labute approximate surface area is 179 Å². The minimum absolute atomic E-state index is 0.0249. The molecule has 10 heteroatoms. The average molecular weight is 455 g/mol. The molecule has 1 aliphatic rings. The van der Waals surface area contributed by atoms with Crippen molar-refractivity contribution in [3.05, 3.63) is 52.5 Å². The van der Waals surface area contributed by atoms with E-state index in [0.717, 1.165) is 17.7 Å². The molecule has 0 spiro atoms. The van der Waals surface area contributed by atoms with Gasteiger partial charge in [-0.1, -0.05) is 0 Å². The molecule has 0 radical (unpaired) electrons. The van der Waals surface area contributed by atoms with Crippen molar-refractivity contribution in [2.45, 2.75) is 24.3 Å². The maximum absolute atomic E-state index is 13.1. The van der Waals surface area contributed by atoms with Crippen molar-refractivity contribution < 1.29 is 27.1 Å². The van der Waals surface area contributed by atoms with Gasteiger partial charge in [-0.25, -0.2) is 12.8 Å². The maximum atomic E-state index is 13.1. The number of likely N-dealkylation sites (N-methyl/N-ethyl adjacent to an activating group) is 1. The Bertz CT molecular complexity index is 977. The van der Waals surface area contributed by atoms with Crippen molar-refractivity contribution in [1.82, 2.24) is 9.21 Å². The van der Waals surface area contributed by atoms with Crippen LogP contribution in [-0.2, 0) is 30.9 Å². The number of ether oxygens (including phenoxy) is 1. The molecule has 2 heterocycles. The normalized spacial score (nSPS) is 17.5. The van der Waals surface area contributed by atoms with Gasteiger partial charge in [0.05, 0.1) is 10.8 Å². The maximum Gasteiger partial charge on any atom is 0.310 e. The standard InChI is InChI=1S/C20H23FN2O5S2/c1-22(11-15-8-10-29-14-15)19(24)13-28-20(25)16-3-2-9-23(12-16)30(26,27)18-6-4-17(21)5-7-18/h4-8,10,14,16H,2-3,9,11-13H2,1H3. The summed E-state index contributed by atoms with van der Waals surface area (Å²) in [7, 11) is -2.20. The second kappa shape index (κ2) is 9.67. The van der Waals surface area contributed by atoms with Crippen LogP contribution >= 0.6 is 11.3 Å². The highest BCUT2D eigenvalue weighted by molar-refractivity contribution is 7.89. The van der Waals surface area contributed by atoms with Gasteiger partial charge in [0.25, 0.3) is 5.91 Å². The van der Waals surface area contributed by atoms with E-state index in [4.69, 9.17) is 4.74 Å². The van der Waals surface area contributed by atoms with E-state index in [2.05, 4.69) is 0 Å². The number of nitrogens with zero attached hydrogens (tertiary/aromatic N) is 2. The molecule has 0 N–H and O–H groups in total. The quantitative estimate of drug-likeness (QED) is 0.600. The summed E-state index contributed by atoms with van der Waals surface area (Å²) in [6, 6.07) is 6.49. The summed E-state index contributed by atoms with van der Waals surface area (Å²) in [4.78, 5) is 26.1. The van der Waals surface area contributed by atoms with Crippen LogP contribution in [0.2, 0.25) is 0 Å². The molecule has 1 amide bonds. The van der Waals surface area contributed by atoms with Gasteiger partial charge in [0, 0.05) is 26.7 Å². The van der Waals surface area contributed by atoms with E-state index in [1.807, 2.05) is 16.8 Å². The van der Waals surface area contributed by atoms with Gasteiger partial charge >= 0.3 is 5.97 Å². The molecule has 7 nitrogen and oxygen atoms in total. The molecule has 30 heavy (non-hydrogen) atoms. The van der Waals surface area contributed by atoms with Crippen LogP contribution in [0.5, 0.6) is 0 Å². The number of halogens is 1. The lowest BCUT2D eigenvalue weighted by molar-refractivity contribution is -0.156. The zero-order valence-electron chi connectivity index (χ0n) is 16.5. The molecule has 0 bridgehead atoms. The molecule has 0 saturated carbocycles.